The summed E-state index contributed by atoms with van der Waals surface area (Å²) in [5, 5.41) is 25.5. The van der Waals surface area contributed by atoms with Crippen molar-refractivity contribution in [2.75, 3.05) is 13.1 Å². The first-order valence-electron chi connectivity index (χ1n) is 13.9. The molecule has 220 valence electrons. The molecule has 0 aromatic carbocycles. The fraction of sp³-hybridized carbons (Fsp3) is 0.483. The van der Waals surface area contributed by atoms with Gasteiger partial charge in [0.2, 0.25) is 5.88 Å². The molecular weight excluding hydrogens is 549 g/mol. The van der Waals surface area contributed by atoms with E-state index in [2.05, 4.69) is 36.0 Å². The lowest BCUT2D eigenvalue weighted by Gasteiger charge is -2.53. The number of aromatic nitrogens is 6. The van der Waals surface area contributed by atoms with Crippen LogP contribution >= 0.6 is 0 Å². The number of likely N-dealkylation sites (tertiary alicyclic amines) is 1. The fourth-order valence-electron chi connectivity index (χ4n) is 6.02. The predicted octanol–water partition coefficient (Wildman–Crippen LogP) is 4.78. The van der Waals surface area contributed by atoms with Gasteiger partial charge in [-0.2, -0.15) is 23.5 Å². The number of aromatic amines is 1. The van der Waals surface area contributed by atoms with Crippen molar-refractivity contribution in [3.8, 4) is 23.2 Å². The van der Waals surface area contributed by atoms with Gasteiger partial charge in [-0.05, 0) is 57.2 Å². The number of halogens is 3. The summed E-state index contributed by atoms with van der Waals surface area (Å²) in [5.41, 5.74) is -0.521. The van der Waals surface area contributed by atoms with E-state index in [0.717, 1.165) is 41.2 Å². The highest BCUT2D eigenvalue weighted by Gasteiger charge is 2.48. The molecule has 1 aliphatic carbocycles. The van der Waals surface area contributed by atoms with Crippen LogP contribution in [0.1, 0.15) is 57.2 Å². The van der Waals surface area contributed by atoms with Gasteiger partial charge in [-0.15, -0.1) is 0 Å². The highest BCUT2D eigenvalue weighted by atomic mass is 19.4. The summed E-state index contributed by atoms with van der Waals surface area (Å²) in [5.74, 6) is -0.127. The lowest BCUT2D eigenvalue weighted by Crippen LogP contribution is -2.65. The summed E-state index contributed by atoms with van der Waals surface area (Å²) in [7, 11) is 0. The third-order valence-electron chi connectivity index (χ3n) is 8.35. The lowest BCUT2D eigenvalue weighted by atomic mass is 9.82. The number of pyridine rings is 1. The molecular formula is C29H31F3N8O2. The van der Waals surface area contributed by atoms with Crippen LogP contribution in [0.2, 0.25) is 0 Å². The van der Waals surface area contributed by atoms with E-state index in [1.54, 1.807) is 6.20 Å². The standard InChI is InChI=1S/C29H31F3N8O2/c1-27(2,41)19-11-23(29(30,31)32)38-24(12-19)42-21-5-3-20(4-6-21)39-15-28(16-39,8-9-33)40-14-18(13-37-40)25-22-7-10-34-26(22)36-17-35-25/h7,10-14,17,20-21,41H,3-6,8,15-16H2,1-2H3,(H,34,35,36)/t20-,21+. The number of nitrogens with one attached hydrogen (secondary N) is 1. The first-order chi connectivity index (χ1) is 19.9. The van der Waals surface area contributed by atoms with Crippen LogP contribution in [0.15, 0.2) is 43.1 Å². The fourth-order valence-corrected chi connectivity index (χ4v) is 6.02. The number of H-pyrrole nitrogens is 1. The number of alkyl halides is 3. The second kappa shape index (κ2) is 10.4. The molecule has 0 bridgehead atoms. The van der Waals surface area contributed by atoms with E-state index in [0.29, 0.717) is 32.4 Å². The molecule has 5 heterocycles. The molecule has 0 unspecified atom stereocenters. The maximum atomic E-state index is 13.4. The van der Waals surface area contributed by atoms with Crippen LogP contribution in [0.25, 0.3) is 22.3 Å². The van der Waals surface area contributed by atoms with E-state index in [9.17, 15) is 23.5 Å². The monoisotopic (exact) mass is 580 g/mol. The van der Waals surface area contributed by atoms with Crippen molar-refractivity contribution >= 4 is 11.0 Å². The number of nitriles is 1. The quantitative estimate of drug-likeness (QED) is 0.320. The lowest BCUT2D eigenvalue weighted by molar-refractivity contribution is -0.141. The SMILES string of the molecule is CC(C)(O)c1cc(O[C@H]2CC[C@@H](N3CC(CC#N)(n4cc(-c5ncnc6[nH]ccc56)cn4)C3)CC2)nc(C(F)(F)F)c1. The Morgan fingerprint density at radius 1 is 1.17 bits per heavy atom. The van der Waals surface area contributed by atoms with Gasteiger partial charge in [0.15, 0.2) is 0 Å². The summed E-state index contributed by atoms with van der Waals surface area (Å²) in [6.45, 7) is 4.20. The van der Waals surface area contributed by atoms with Crippen LogP contribution in [0.4, 0.5) is 13.2 Å². The van der Waals surface area contributed by atoms with E-state index < -0.39 is 23.0 Å². The van der Waals surface area contributed by atoms with Crippen LogP contribution in [-0.2, 0) is 17.3 Å². The molecule has 2 aliphatic rings. The Balaban J connectivity index is 1.10. The smallest absolute Gasteiger partial charge is 0.433 e. The Hall–Kier alpha value is -4.02. The molecule has 1 saturated carbocycles. The molecule has 0 radical (unpaired) electrons. The zero-order chi connectivity index (χ0) is 29.7. The number of ether oxygens (including phenoxy) is 1. The van der Waals surface area contributed by atoms with Crippen LogP contribution in [0.3, 0.4) is 0 Å². The summed E-state index contributed by atoms with van der Waals surface area (Å²) in [4.78, 5) is 17.8. The normalized spacial score (nSPS) is 21.2. The van der Waals surface area contributed by atoms with Gasteiger partial charge in [-0.1, -0.05) is 0 Å². The number of fused-ring (bicyclic) bond motifs is 1. The van der Waals surface area contributed by atoms with Crippen molar-refractivity contribution in [1.29, 1.82) is 5.26 Å². The minimum Gasteiger partial charge on any atom is -0.474 e. The zero-order valence-corrected chi connectivity index (χ0v) is 23.3. The van der Waals surface area contributed by atoms with Gasteiger partial charge in [0.05, 0.1) is 30.0 Å². The molecule has 2 fully saturated rings. The molecule has 6 rings (SSSR count). The number of rotatable bonds is 7. The molecule has 13 heteroatoms. The van der Waals surface area contributed by atoms with Crippen LogP contribution in [0.5, 0.6) is 5.88 Å². The van der Waals surface area contributed by atoms with Crippen LogP contribution in [-0.4, -0.2) is 65.0 Å². The molecule has 0 spiro atoms. The Bertz CT molecular complexity index is 1590. The van der Waals surface area contributed by atoms with Gasteiger partial charge in [0.25, 0.3) is 0 Å². The summed E-state index contributed by atoms with van der Waals surface area (Å²) in [6, 6.07) is 6.77. The van der Waals surface area contributed by atoms with Crippen molar-refractivity contribution in [2.24, 2.45) is 0 Å². The van der Waals surface area contributed by atoms with Crippen LogP contribution < -0.4 is 4.74 Å². The topological polar surface area (TPSA) is 129 Å². The Morgan fingerprint density at radius 3 is 2.62 bits per heavy atom. The van der Waals surface area contributed by atoms with Crippen molar-refractivity contribution < 1.29 is 23.0 Å². The molecule has 4 aromatic heterocycles. The third kappa shape index (κ3) is 5.32. The third-order valence-corrected chi connectivity index (χ3v) is 8.35. The average molecular weight is 581 g/mol. The number of aliphatic hydroxyl groups is 1. The average Bonchev–Trinajstić information content (AvgIpc) is 3.60. The van der Waals surface area contributed by atoms with Crippen molar-refractivity contribution in [3.63, 3.8) is 0 Å². The van der Waals surface area contributed by atoms with Crippen molar-refractivity contribution in [1.82, 2.24) is 34.6 Å². The summed E-state index contributed by atoms with van der Waals surface area (Å²) >= 11 is 0. The Labute approximate surface area is 240 Å². The van der Waals surface area contributed by atoms with E-state index in [4.69, 9.17) is 4.74 Å². The second-order valence-electron chi connectivity index (χ2n) is 11.8. The van der Waals surface area contributed by atoms with E-state index in [1.165, 1.54) is 26.2 Å². The maximum absolute atomic E-state index is 13.4. The maximum Gasteiger partial charge on any atom is 0.433 e. The number of hydrogen-bond donors (Lipinski definition) is 2. The molecule has 42 heavy (non-hydrogen) atoms. The van der Waals surface area contributed by atoms with Gasteiger partial charge in [0, 0.05) is 48.5 Å². The van der Waals surface area contributed by atoms with E-state index in [1.807, 2.05) is 23.1 Å². The Morgan fingerprint density at radius 2 is 1.93 bits per heavy atom. The molecule has 0 atom stereocenters. The van der Waals surface area contributed by atoms with Gasteiger partial charge in [-0.25, -0.2) is 15.0 Å². The number of nitrogens with zero attached hydrogens (tertiary/aromatic N) is 7. The summed E-state index contributed by atoms with van der Waals surface area (Å²) in [6.07, 6.45) is 5.37. The molecule has 1 saturated heterocycles. The van der Waals surface area contributed by atoms with Crippen LogP contribution in [0, 0.1) is 11.3 Å². The summed E-state index contributed by atoms with van der Waals surface area (Å²) < 4.78 is 48.1. The predicted molar refractivity (Wildman–Crippen MR) is 146 cm³/mol. The minimum atomic E-state index is -4.65. The van der Waals surface area contributed by atoms with Crippen molar-refractivity contribution in [3.05, 3.63) is 54.4 Å². The van der Waals surface area contributed by atoms with Gasteiger partial charge >= 0.3 is 6.18 Å². The number of hydrogen-bond acceptors (Lipinski definition) is 8. The first-order valence-corrected chi connectivity index (χ1v) is 13.9. The Kier molecular flexibility index (Phi) is 6.93. The minimum absolute atomic E-state index is 0.0990. The van der Waals surface area contributed by atoms with Gasteiger partial charge in [-0.3, -0.25) is 9.58 Å². The second-order valence-corrected chi connectivity index (χ2v) is 11.8. The van der Waals surface area contributed by atoms with Crippen molar-refractivity contribution in [2.45, 2.75) is 75.4 Å². The highest BCUT2D eigenvalue weighted by Crippen LogP contribution is 2.39. The highest BCUT2D eigenvalue weighted by molar-refractivity contribution is 5.90. The molecule has 10 nitrogen and oxygen atoms in total. The first kappa shape index (κ1) is 28.1. The van der Waals surface area contributed by atoms with Gasteiger partial charge in [0.1, 0.15) is 29.3 Å². The van der Waals surface area contributed by atoms with E-state index in [-0.39, 0.29) is 23.6 Å². The molecule has 0 amide bonds. The largest absolute Gasteiger partial charge is 0.474 e. The molecule has 1 aliphatic heterocycles. The van der Waals surface area contributed by atoms with Gasteiger partial charge < -0.3 is 14.8 Å². The molecule has 4 aromatic rings. The van der Waals surface area contributed by atoms with E-state index >= 15 is 0 Å². The zero-order valence-electron chi connectivity index (χ0n) is 23.3. The molecule has 2 N–H and O–H groups in total.